The molecule has 3 saturated heterocycles. The number of aliphatic carboxylic acids is 1. The highest BCUT2D eigenvalue weighted by Crippen LogP contribution is 2.51. The second-order valence-corrected chi connectivity index (χ2v) is 33.4. The minimum absolute atomic E-state index is 0.0315. The third-order valence-corrected chi connectivity index (χ3v) is 23.4. The van der Waals surface area contributed by atoms with E-state index in [2.05, 4.69) is 47.5 Å². The SMILES string of the molecule is CNC(CC(C)C)C(=O)NC1C(=O)N[C@@H](CC(N)=O)C(=O)N[C@H]2C(=O)N[C@H]3C(=O)N[C@H](C(=O)N[C@@H](C(=O)O)c4cc(O)cc(O)c4-c4cc3ccc4O)[C@H](C3C[C@](C)(N)[C@@H](O)[C@H](C)O3)c3ccc(c(Cl)c3)Oc3cc2cc(c3O[C@@H]2O[C@H](CO)[C@@H](O[C@@H]3O[C@H](CNCc4ccc(-c5ccc(F)c(Cl)c5)nc4)[C@H](O)C[C@H]3O)[C@H](O)[C@H]2O)Oc2ccc(cc2Cl)[C@H]1O. The Kier molecular flexibility index (Phi) is 28.1. The number of likely N-dealkylation sites (N-methyl/N-ethyl adjacent to an activating group) is 1. The van der Waals surface area contributed by atoms with Crippen LogP contribution >= 0.6 is 34.8 Å². The molecule has 1 aromatic heterocycles. The van der Waals surface area contributed by atoms with E-state index in [1.54, 1.807) is 18.3 Å². The van der Waals surface area contributed by atoms with Crippen molar-refractivity contribution >= 4 is 82.1 Å². The van der Waals surface area contributed by atoms with Gasteiger partial charge in [0.25, 0.3) is 0 Å². The van der Waals surface area contributed by atoms with Gasteiger partial charge in [-0.2, -0.15) is 0 Å². The Hall–Kier alpha value is -10.7. The summed E-state index contributed by atoms with van der Waals surface area (Å²) in [6.07, 6.45) is -22.2. The molecule has 6 aromatic carbocycles. The molecule has 3 unspecified atom stereocenters. The lowest BCUT2D eigenvalue weighted by Crippen LogP contribution is -2.63. The highest BCUT2D eigenvalue weighted by molar-refractivity contribution is 6.32. The van der Waals surface area contributed by atoms with Gasteiger partial charge in [-0.1, -0.05) is 72.9 Å². The standard InChI is InChI=1S/C84H93Cl3FN11O26/c1-32(2)16-48(91-5)75(111)99-68-69(107)38-10-15-55(45(87)20-38)121-57-22-39-21-56(72(57)124-83-71(109)70(108)73(60(31-100)123-83)125-82-53(105)26-51(103)59(122-82)30-92-28-34-6-12-47(93-29-34)35-7-11-46(88)43(85)18-35)120-54-14-9-36(19-44(54)86)62(58-27-84(4,90)74(110)33(3)119-58)67-79(115)97-66(81(117)118)42-23-40(101)24-52(104)63(42)41-17-37(8-13-50(41)102)64(77(113)98-67)96-78(114)65(39)95-76(112)49(25-61(89)106)94-80(68)116/h6-15,17-24,29,32-33,48-49,51,53,58-60,62,64-71,73-74,82-83,91-92,100-105,107-110H,16,25-28,30-31,90H2,1-5H3,(H2,89,106)(H,94,116)(H,95,112)(H,96,114)(H,97,115)(H,98,113)(H,99,111)(H,117,118)/t33-,48?,49-,51+,53+,58?,59+,60+,62-,64+,65+,66+,67-,68?,69+,70+,71+,73+,74-,82-,83-,84-/m0/s1. The number of primary amides is 1. The zero-order valence-corrected chi connectivity index (χ0v) is 69.5. The van der Waals surface area contributed by atoms with E-state index < -0.39 is 272 Å². The number of phenolic OH excluding ortho intramolecular Hbond substituents is 3. The van der Waals surface area contributed by atoms with Crippen molar-refractivity contribution in [1.29, 1.82) is 0 Å². The Morgan fingerprint density at radius 3 is 1.98 bits per heavy atom. The zero-order valence-electron chi connectivity index (χ0n) is 67.3. The number of carboxylic acids is 1. The number of aliphatic hydroxyl groups excluding tert-OH is 7. The Morgan fingerprint density at radius 2 is 1.35 bits per heavy atom. The van der Waals surface area contributed by atoms with Crippen LogP contribution in [0.2, 0.25) is 15.1 Å². The largest absolute Gasteiger partial charge is 0.508 e. The van der Waals surface area contributed by atoms with Gasteiger partial charge in [-0.15, -0.1) is 0 Å². The number of nitrogens with two attached hydrogens (primary N) is 2. The molecule has 0 radical (unpaired) electrons. The van der Waals surface area contributed by atoms with Crippen LogP contribution < -0.4 is 68.2 Å². The molecule has 668 valence electrons. The number of aromatic hydroxyl groups is 3. The highest BCUT2D eigenvalue weighted by atomic mass is 35.5. The number of carboxylic acid groups (broad SMARTS) is 1. The third kappa shape index (κ3) is 20.1. The summed E-state index contributed by atoms with van der Waals surface area (Å²) in [6, 6.07) is 7.27. The van der Waals surface area contributed by atoms with Crippen LogP contribution in [-0.4, -0.2) is 232 Å². The van der Waals surface area contributed by atoms with Gasteiger partial charge >= 0.3 is 5.97 Å². The number of amides is 7. The highest BCUT2D eigenvalue weighted by Gasteiger charge is 2.53. The number of carbonyl (C=O) groups excluding carboxylic acids is 7. The smallest absolute Gasteiger partial charge is 0.330 e. The van der Waals surface area contributed by atoms with Crippen molar-refractivity contribution in [3.8, 4) is 68.4 Å². The van der Waals surface area contributed by atoms with Crippen LogP contribution in [0.3, 0.4) is 0 Å². The Morgan fingerprint density at radius 1 is 0.696 bits per heavy atom. The molecule has 8 aliphatic rings. The van der Waals surface area contributed by atoms with E-state index in [1.807, 2.05) is 13.8 Å². The van der Waals surface area contributed by atoms with E-state index in [4.69, 9.17) is 79.4 Å². The van der Waals surface area contributed by atoms with Gasteiger partial charge in [0.15, 0.2) is 23.8 Å². The molecule has 0 spiro atoms. The first kappa shape index (κ1) is 92.0. The van der Waals surface area contributed by atoms with Gasteiger partial charge in [0.05, 0.1) is 70.4 Å². The summed E-state index contributed by atoms with van der Waals surface area (Å²) < 4.78 is 59.1. The maximum atomic E-state index is 16.5. The van der Waals surface area contributed by atoms with Crippen LogP contribution in [0.5, 0.6) is 46.0 Å². The lowest BCUT2D eigenvalue weighted by molar-refractivity contribution is -0.338. The van der Waals surface area contributed by atoms with Gasteiger partial charge in [0.1, 0.15) is 101 Å². The molecule has 0 saturated carbocycles. The summed E-state index contributed by atoms with van der Waals surface area (Å²) in [5.74, 6) is -18.5. The van der Waals surface area contributed by atoms with Gasteiger partial charge in [-0.3, -0.25) is 38.5 Å². The van der Waals surface area contributed by atoms with Crippen molar-refractivity contribution in [2.45, 2.75) is 193 Å². The van der Waals surface area contributed by atoms with Gasteiger partial charge in [0, 0.05) is 65.5 Å². The number of benzene rings is 6. The van der Waals surface area contributed by atoms with Gasteiger partial charge in [-0.25, -0.2) is 9.18 Å². The average Bonchev–Trinajstić information content (AvgIpc) is 0.759. The molecule has 22 atom stereocenters. The van der Waals surface area contributed by atoms with Crippen LogP contribution in [0.15, 0.2) is 115 Å². The van der Waals surface area contributed by atoms with Crippen molar-refractivity contribution in [2.75, 3.05) is 20.2 Å². The first-order valence-electron chi connectivity index (χ1n) is 39.7. The van der Waals surface area contributed by atoms with Gasteiger partial charge < -0.3 is 143 Å². The summed E-state index contributed by atoms with van der Waals surface area (Å²) >= 11 is 20.6. The molecule has 37 nitrogen and oxygen atoms in total. The van der Waals surface area contributed by atoms with Crippen molar-refractivity contribution in [3.05, 3.63) is 170 Å². The number of aliphatic hydroxyl groups is 7. The number of fused-ring (bicyclic) bond motifs is 15. The van der Waals surface area contributed by atoms with Crippen LogP contribution in [0.25, 0.3) is 22.4 Å². The van der Waals surface area contributed by atoms with Crippen molar-refractivity contribution in [3.63, 3.8) is 0 Å². The number of nitrogens with one attached hydrogen (secondary N) is 8. The number of carbonyl (C=O) groups is 8. The fourth-order valence-corrected chi connectivity index (χ4v) is 16.7. The molecule has 7 aromatic rings. The molecule has 7 amide bonds. The maximum absolute atomic E-state index is 16.5. The number of ether oxygens (including phenoxy) is 7. The number of halogens is 4. The first-order chi connectivity index (χ1) is 59.3. The lowest BCUT2D eigenvalue weighted by atomic mass is 9.75. The van der Waals surface area contributed by atoms with Crippen molar-refractivity contribution in [2.24, 2.45) is 17.4 Å². The summed E-state index contributed by atoms with van der Waals surface area (Å²) in [4.78, 5) is 125. The molecule has 9 heterocycles. The number of phenols is 3. The van der Waals surface area contributed by atoms with Gasteiger partial charge in [0.2, 0.25) is 53.4 Å². The van der Waals surface area contributed by atoms with Crippen molar-refractivity contribution in [1.82, 2.24) is 47.5 Å². The monoisotopic (exact) mass is 1800 g/mol. The van der Waals surface area contributed by atoms with E-state index in [0.717, 1.165) is 48.5 Å². The van der Waals surface area contributed by atoms with Crippen LogP contribution in [0.4, 0.5) is 4.39 Å². The molecular weight excluding hydrogens is 1700 g/mol. The van der Waals surface area contributed by atoms with E-state index in [-0.39, 0.29) is 65.7 Å². The zero-order chi connectivity index (χ0) is 90.2. The molecule has 23 N–H and O–H groups in total. The number of hydrogen-bond donors (Lipinski definition) is 21. The fraction of sp³-hybridized carbons (Fsp3) is 0.417. The average molecular weight is 1800 g/mol. The Balaban J connectivity index is 0.958. The predicted molar refractivity (Wildman–Crippen MR) is 439 cm³/mol. The summed E-state index contributed by atoms with van der Waals surface area (Å²) in [7, 11) is 1.47. The second kappa shape index (κ2) is 38.2. The van der Waals surface area contributed by atoms with Crippen LogP contribution in [0.1, 0.15) is 117 Å². The van der Waals surface area contributed by atoms with Gasteiger partial charge in [-0.05, 0) is 146 Å². The predicted octanol–water partition coefficient (Wildman–Crippen LogP) is 2.68. The van der Waals surface area contributed by atoms with Crippen LogP contribution in [0, 0.1) is 11.7 Å². The normalized spacial score (nSPS) is 29.2. The minimum atomic E-state index is -2.40. The first-order valence-corrected chi connectivity index (χ1v) is 40.8. The number of hydrogen-bond acceptors (Lipinski definition) is 29. The summed E-state index contributed by atoms with van der Waals surface area (Å²) in [6.45, 7) is 5.59. The third-order valence-electron chi connectivity index (χ3n) is 22.5. The molecule has 8 aliphatic heterocycles. The molecule has 3 fully saturated rings. The molecule has 125 heavy (non-hydrogen) atoms. The Labute approximate surface area is 727 Å². The van der Waals surface area contributed by atoms with E-state index in [1.165, 1.54) is 69.4 Å². The summed E-state index contributed by atoms with van der Waals surface area (Å²) in [5.41, 5.74) is 10.1. The quantitative estimate of drug-likeness (QED) is 0.0553. The van der Waals surface area contributed by atoms with E-state index >= 15 is 24.0 Å². The second-order valence-electron chi connectivity index (χ2n) is 32.1. The topological polar surface area (TPSA) is 585 Å². The molecule has 11 bridgehead atoms. The van der Waals surface area contributed by atoms with E-state index in [9.17, 15) is 74.9 Å². The van der Waals surface area contributed by atoms with Crippen LogP contribution in [-0.2, 0) is 63.8 Å². The molecule has 0 aliphatic carbocycles. The Bertz CT molecular complexity index is 5280. The maximum Gasteiger partial charge on any atom is 0.330 e. The van der Waals surface area contributed by atoms with E-state index in [0.29, 0.717) is 16.8 Å². The number of rotatable bonds is 19. The minimum Gasteiger partial charge on any atom is -0.508 e. The molecule has 15 rings (SSSR count). The lowest BCUT2D eigenvalue weighted by Gasteiger charge is -2.47. The number of aromatic nitrogens is 1. The summed E-state index contributed by atoms with van der Waals surface area (Å²) in [5, 5.41) is 149. The number of nitrogens with zero attached hydrogens (tertiary/aromatic N) is 1. The van der Waals surface area contributed by atoms with Crippen molar-refractivity contribution < 1.29 is 132 Å². The molecular formula is C84H93Cl3FN11O26. The molecule has 41 heteroatoms. The fourth-order valence-electron chi connectivity index (χ4n) is 16.1. The number of pyridine rings is 1.